The molecule has 20 heteroatoms. The lowest BCUT2D eigenvalue weighted by Gasteiger charge is -2.27. The SMILES string of the molecule is CC(C)C(=O)OC(C)[C@H]1O[C@@H](n2ccc(N)nc2=O)C(F)(F)[C@@H]1OC(=O)C(C)C.CC(O)[C@H]1O[C@@H](n2ccc(N)nc2=O)C(F)(F)[C@@H]1O. The highest BCUT2D eigenvalue weighted by atomic mass is 19.3. The minimum absolute atomic E-state index is 0.116. The number of esters is 2. The Bertz CT molecular complexity index is 1590. The van der Waals surface area contributed by atoms with Crippen LogP contribution >= 0.6 is 0 Å². The summed E-state index contributed by atoms with van der Waals surface area (Å²) in [6.45, 7) is 8.69. The predicted molar refractivity (Wildman–Crippen MR) is 156 cm³/mol. The Morgan fingerprint density at radius 1 is 0.833 bits per heavy atom. The molecule has 2 saturated heterocycles. The van der Waals surface area contributed by atoms with Gasteiger partial charge in [0.1, 0.15) is 29.9 Å². The van der Waals surface area contributed by atoms with Crippen molar-refractivity contribution in [1.29, 1.82) is 0 Å². The summed E-state index contributed by atoms with van der Waals surface area (Å²) in [7, 11) is 0. The maximum absolute atomic E-state index is 15.2. The average Bonchev–Trinajstić information content (AvgIpc) is 3.37. The molecule has 4 rings (SSSR count). The van der Waals surface area contributed by atoms with Crippen LogP contribution in [0.4, 0.5) is 29.2 Å². The number of carbonyl (C=O) groups is 2. The van der Waals surface area contributed by atoms with Crippen LogP contribution in [-0.2, 0) is 28.5 Å². The molecule has 0 aliphatic carbocycles. The molecule has 0 amide bonds. The summed E-state index contributed by atoms with van der Waals surface area (Å²) in [5, 5.41) is 18.8. The lowest BCUT2D eigenvalue weighted by Crippen LogP contribution is -2.47. The fraction of sp³-hybridized carbons (Fsp3) is 0.643. The summed E-state index contributed by atoms with van der Waals surface area (Å²) in [5.41, 5.74) is 8.57. The van der Waals surface area contributed by atoms with Gasteiger partial charge in [-0.25, -0.2) is 9.59 Å². The Labute approximate surface area is 270 Å². The van der Waals surface area contributed by atoms with Crippen LogP contribution in [0.2, 0.25) is 0 Å². The van der Waals surface area contributed by atoms with E-state index < -0.39 is 96.1 Å². The summed E-state index contributed by atoms with van der Waals surface area (Å²) in [5.74, 6) is -10.5. The fourth-order valence-electron chi connectivity index (χ4n) is 4.59. The van der Waals surface area contributed by atoms with Gasteiger partial charge in [0, 0.05) is 12.4 Å². The minimum Gasteiger partial charge on any atom is -0.460 e. The maximum Gasteiger partial charge on any atom is 0.351 e. The van der Waals surface area contributed by atoms with E-state index in [0.717, 1.165) is 24.5 Å². The number of aromatic nitrogens is 4. The highest BCUT2D eigenvalue weighted by Crippen LogP contribution is 2.46. The number of aliphatic hydroxyl groups is 2. The zero-order chi connectivity index (χ0) is 36.5. The van der Waals surface area contributed by atoms with Crippen LogP contribution in [0.15, 0.2) is 34.1 Å². The van der Waals surface area contributed by atoms with E-state index in [1.165, 1.54) is 27.7 Å². The second kappa shape index (κ2) is 14.5. The lowest BCUT2D eigenvalue weighted by molar-refractivity contribution is -0.181. The van der Waals surface area contributed by atoms with Crippen molar-refractivity contribution in [2.45, 2.75) is 102 Å². The number of carbonyl (C=O) groups excluding carboxylic acids is 2. The van der Waals surface area contributed by atoms with Crippen molar-refractivity contribution in [3.05, 3.63) is 45.5 Å². The Morgan fingerprint density at radius 3 is 1.67 bits per heavy atom. The van der Waals surface area contributed by atoms with Crippen molar-refractivity contribution in [1.82, 2.24) is 19.1 Å². The zero-order valence-electron chi connectivity index (χ0n) is 26.7. The molecule has 2 unspecified atom stereocenters. The van der Waals surface area contributed by atoms with Gasteiger partial charge in [-0.1, -0.05) is 27.7 Å². The van der Waals surface area contributed by atoms with Gasteiger partial charge in [0.2, 0.25) is 12.5 Å². The lowest BCUT2D eigenvalue weighted by atomic mass is 10.0. The molecule has 2 aromatic rings. The summed E-state index contributed by atoms with van der Waals surface area (Å²) in [4.78, 5) is 54.2. The Balaban J connectivity index is 0.000000284. The van der Waals surface area contributed by atoms with E-state index in [1.54, 1.807) is 13.8 Å². The van der Waals surface area contributed by atoms with Crippen molar-refractivity contribution in [2.75, 3.05) is 11.5 Å². The molecular weight excluding hydrogens is 656 g/mol. The Hall–Kier alpha value is -4.14. The van der Waals surface area contributed by atoms with Crippen molar-refractivity contribution < 1.29 is 56.3 Å². The van der Waals surface area contributed by atoms with Crippen LogP contribution in [0.1, 0.15) is 54.0 Å². The molecule has 2 fully saturated rings. The predicted octanol–water partition coefficient (Wildman–Crippen LogP) is 0.614. The largest absolute Gasteiger partial charge is 0.460 e. The first-order valence-electron chi connectivity index (χ1n) is 14.6. The molecule has 4 heterocycles. The van der Waals surface area contributed by atoms with E-state index in [4.69, 9.17) is 30.4 Å². The molecule has 2 aliphatic rings. The van der Waals surface area contributed by atoms with Crippen molar-refractivity contribution in [3.63, 3.8) is 0 Å². The van der Waals surface area contributed by atoms with Crippen molar-refractivity contribution in [3.8, 4) is 0 Å². The number of hydrogen-bond acceptors (Lipinski definition) is 14. The third-order valence-corrected chi connectivity index (χ3v) is 7.25. The molecule has 8 atom stereocenters. The van der Waals surface area contributed by atoms with Crippen LogP contribution in [0.25, 0.3) is 0 Å². The molecule has 268 valence electrons. The van der Waals surface area contributed by atoms with Crippen LogP contribution < -0.4 is 22.8 Å². The molecule has 0 aromatic carbocycles. The molecule has 0 radical (unpaired) electrons. The third-order valence-electron chi connectivity index (χ3n) is 7.25. The molecule has 16 nitrogen and oxygen atoms in total. The van der Waals surface area contributed by atoms with Crippen molar-refractivity contribution in [2.24, 2.45) is 11.8 Å². The number of ether oxygens (including phenoxy) is 4. The second-order valence-electron chi connectivity index (χ2n) is 11.8. The van der Waals surface area contributed by atoms with E-state index in [1.807, 2.05) is 0 Å². The van der Waals surface area contributed by atoms with Crippen LogP contribution in [0, 0.1) is 11.8 Å². The first kappa shape index (κ1) is 38.3. The summed E-state index contributed by atoms with van der Waals surface area (Å²) < 4.78 is 79.7. The highest BCUT2D eigenvalue weighted by molar-refractivity contribution is 5.72. The highest BCUT2D eigenvalue weighted by Gasteiger charge is 2.64. The number of nitrogens with zero attached hydrogens (tertiary/aromatic N) is 4. The Kier molecular flexibility index (Phi) is 11.6. The van der Waals surface area contributed by atoms with Gasteiger partial charge in [-0.3, -0.25) is 18.7 Å². The van der Waals surface area contributed by atoms with Crippen LogP contribution in [0.5, 0.6) is 0 Å². The number of halogens is 4. The van der Waals surface area contributed by atoms with Gasteiger partial charge in [-0.05, 0) is 26.0 Å². The molecular formula is C28H38F4N6O10. The van der Waals surface area contributed by atoms with Crippen LogP contribution in [0.3, 0.4) is 0 Å². The molecule has 2 aliphatic heterocycles. The van der Waals surface area contributed by atoms with E-state index in [2.05, 4.69) is 9.97 Å². The van der Waals surface area contributed by atoms with Gasteiger partial charge < -0.3 is 40.6 Å². The molecule has 2 aromatic heterocycles. The van der Waals surface area contributed by atoms with Gasteiger partial charge >= 0.3 is 35.2 Å². The number of aliphatic hydroxyl groups excluding tert-OH is 2. The third kappa shape index (κ3) is 7.93. The zero-order valence-corrected chi connectivity index (χ0v) is 26.7. The molecule has 6 N–H and O–H groups in total. The van der Waals surface area contributed by atoms with E-state index in [-0.39, 0.29) is 11.6 Å². The number of hydrogen-bond donors (Lipinski definition) is 4. The Morgan fingerprint density at radius 2 is 1.27 bits per heavy atom. The van der Waals surface area contributed by atoms with Crippen LogP contribution in [-0.4, -0.2) is 89.7 Å². The number of rotatable bonds is 8. The number of anilines is 2. The first-order valence-corrected chi connectivity index (χ1v) is 14.6. The number of nitrogen functional groups attached to an aromatic ring is 2. The molecule has 0 bridgehead atoms. The minimum atomic E-state index is -3.81. The monoisotopic (exact) mass is 694 g/mol. The topological polar surface area (TPSA) is 233 Å². The first-order chi connectivity index (χ1) is 22.1. The fourth-order valence-corrected chi connectivity index (χ4v) is 4.59. The standard InChI is InChI=1S/C18H25F2N3O6.C10H13F2N3O4/c1-8(2)14(24)27-10(5)12-13(29-15(25)9(3)4)18(19,20)16(28-12)23-7-6-11(21)22-17(23)26;1-4(16)6-7(17)10(11,12)8(19-6)15-3-2-5(13)14-9(15)18/h6-10,12-13,16H,1-5H3,(H2,21,22,26);2-4,6-8,16-17H,1H3,(H2,13,14,18)/t10?,12-,13-,16-;4?,6-,7-,8-/m11/s1. The van der Waals surface area contributed by atoms with Gasteiger partial charge in [0.05, 0.1) is 17.9 Å². The smallest absolute Gasteiger partial charge is 0.351 e. The second-order valence-corrected chi connectivity index (χ2v) is 11.8. The number of nitrogens with two attached hydrogens (primary N) is 2. The molecule has 48 heavy (non-hydrogen) atoms. The van der Waals surface area contributed by atoms with E-state index in [9.17, 15) is 38.2 Å². The van der Waals surface area contributed by atoms with Gasteiger partial charge in [-0.2, -0.15) is 27.5 Å². The summed E-state index contributed by atoms with van der Waals surface area (Å²) in [6.07, 6.45) is -12.0. The van der Waals surface area contributed by atoms with Crippen molar-refractivity contribution >= 4 is 23.6 Å². The van der Waals surface area contributed by atoms with Gasteiger partial charge in [-0.15, -0.1) is 0 Å². The molecule has 0 spiro atoms. The normalized spacial score (nSPS) is 27.2. The summed E-state index contributed by atoms with van der Waals surface area (Å²) >= 11 is 0. The summed E-state index contributed by atoms with van der Waals surface area (Å²) in [6, 6.07) is 2.31. The van der Waals surface area contributed by atoms with E-state index >= 15 is 8.78 Å². The average molecular weight is 695 g/mol. The van der Waals surface area contributed by atoms with E-state index in [0.29, 0.717) is 9.13 Å². The van der Waals surface area contributed by atoms with Gasteiger partial charge in [0.25, 0.3) is 0 Å². The van der Waals surface area contributed by atoms with Gasteiger partial charge in [0.15, 0.2) is 12.2 Å². The number of alkyl halides is 4. The molecule has 0 saturated carbocycles. The maximum atomic E-state index is 15.2. The quantitative estimate of drug-likeness (QED) is 0.219.